The van der Waals surface area contributed by atoms with E-state index in [4.69, 9.17) is 0 Å². The first-order chi connectivity index (χ1) is 4.65. The van der Waals surface area contributed by atoms with E-state index in [9.17, 15) is 16.8 Å². The Labute approximate surface area is 66.1 Å². The van der Waals surface area contributed by atoms with Gasteiger partial charge >= 0.3 is 0 Å². The molecule has 0 atom stereocenters. The normalized spacial score (nSPS) is 13.8. The first-order valence-electron chi connectivity index (χ1n) is 2.56. The molecular weight excluding hydrogens is 192 g/mol. The van der Waals surface area contributed by atoms with Gasteiger partial charge in [-0.05, 0) is 0 Å². The number of hydrogen-bond donors (Lipinski definition) is 1. The van der Waals surface area contributed by atoms with E-state index in [1.54, 1.807) is 0 Å². The topological polar surface area (TPSA) is 97.5 Å². The van der Waals surface area contributed by atoms with Crippen molar-refractivity contribution in [2.24, 2.45) is 5.14 Å². The standard InChI is InChI=1S/C3H10N2O4S2/c1-5(2)11(8,9)3-10(4,6)7/h3H2,1-2H3,(H2,4,6,7). The number of nitrogens with two attached hydrogens (primary N) is 1. The minimum absolute atomic E-state index is 0.803. The lowest BCUT2D eigenvalue weighted by molar-refractivity contribution is 0.524. The van der Waals surface area contributed by atoms with Gasteiger partial charge in [-0.1, -0.05) is 0 Å². The Balaban J connectivity index is 4.68. The van der Waals surface area contributed by atoms with Gasteiger partial charge in [0.1, 0.15) is 0 Å². The molecule has 0 aromatic rings. The number of hydrogen-bond acceptors (Lipinski definition) is 4. The summed E-state index contributed by atoms with van der Waals surface area (Å²) in [6, 6.07) is 0. The van der Waals surface area contributed by atoms with Crippen LogP contribution < -0.4 is 5.14 Å². The third kappa shape index (κ3) is 4.30. The average molecular weight is 202 g/mol. The molecule has 0 heterocycles. The zero-order chi connectivity index (χ0) is 9.28. The molecule has 0 radical (unpaired) electrons. The predicted octanol–water partition coefficient (Wildman–Crippen LogP) is -1.88. The molecule has 68 valence electrons. The van der Waals surface area contributed by atoms with Crippen molar-refractivity contribution in [3.8, 4) is 0 Å². The van der Waals surface area contributed by atoms with Crippen LogP contribution in [0.3, 0.4) is 0 Å². The Morgan fingerprint density at radius 3 is 1.64 bits per heavy atom. The zero-order valence-corrected chi connectivity index (χ0v) is 7.81. The third-order valence-corrected chi connectivity index (χ3v) is 4.49. The van der Waals surface area contributed by atoms with Gasteiger partial charge in [-0.25, -0.2) is 26.3 Å². The van der Waals surface area contributed by atoms with Crippen molar-refractivity contribution < 1.29 is 16.8 Å². The van der Waals surface area contributed by atoms with Crippen molar-refractivity contribution in [3.05, 3.63) is 0 Å². The zero-order valence-electron chi connectivity index (χ0n) is 6.18. The van der Waals surface area contributed by atoms with Crippen LogP contribution in [0.5, 0.6) is 0 Å². The molecule has 8 heteroatoms. The van der Waals surface area contributed by atoms with Crippen molar-refractivity contribution in [3.63, 3.8) is 0 Å². The van der Waals surface area contributed by atoms with Gasteiger partial charge in [0.05, 0.1) is 0 Å². The first-order valence-corrected chi connectivity index (χ1v) is 5.88. The second-order valence-electron chi connectivity index (χ2n) is 2.17. The molecule has 0 rings (SSSR count). The van der Waals surface area contributed by atoms with Gasteiger partial charge in [0.25, 0.3) is 0 Å². The fourth-order valence-electron chi connectivity index (χ4n) is 0.313. The van der Waals surface area contributed by atoms with Crippen LogP contribution in [0.15, 0.2) is 0 Å². The fraction of sp³-hybridized carbons (Fsp3) is 1.00. The van der Waals surface area contributed by atoms with E-state index in [2.05, 4.69) is 5.14 Å². The molecule has 11 heavy (non-hydrogen) atoms. The Kier molecular flexibility index (Phi) is 3.00. The summed E-state index contributed by atoms with van der Waals surface area (Å²) in [6.45, 7) is 0. The molecule has 6 nitrogen and oxygen atoms in total. The van der Waals surface area contributed by atoms with Crippen LogP contribution in [0.1, 0.15) is 0 Å². The van der Waals surface area contributed by atoms with Crippen molar-refractivity contribution in [1.29, 1.82) is 0 Å². The van der Waals surface area contributed by atoms with Gasteiger partial charge < -0.3 is 0 Å². The summed E-state index contributed by atoms with van der Waals surface area (Å²) in [4.78, 5) is 0. The highest BCUT2D eigenvalue weighted by atomic mass is 32.3. The highest BCUT2D eigenvalue weighted by Gasteiger charge is 2.20. The molecule has 0 fully saturated rings. The third-order valence-electron chi connectivity index (χ3n) is 0.870. The quantitative estimate of drug-likeness (QED) is 0.579. The van der Waals surface area contributed by atoms with Crippen LogP contribution in [0.2, 0.25) is 0 Å². The smallest absolute Gasteiger partial charge is 0.228 e. The largest absolute Gasteiger partial charge is 0.229 e. The lowest BCUT2D eigenvalue weighted by Crippen LogP contribution is -2.32. The second kappa shape index (κ2) is 3.05. The Morgan fingerprint density at radius 2 is 1.55 bits per heavy atom. The molecule has 0 bridgehead atoms. The van der Waals surface area contributed by atoms with Crippen LogP contribution in [0.25, 0.3) is 0 Å². The maximum atomic E-state index is 10.8. The maximum absolute atomic E-state index is 10.8. The first kappa shape index (κ1) is 10.8. The molecule has 2 N–H and O–H groups in total. The molecule has 0 aliphatic heterocycles. The van der Waals surface area contributed by atoms with Crippen LogP contribution in [-0.2, 0) is 20.0 Å². The fourth-order valence-corrected chi connectivity index (χ4v) is 2.82. The molecule has 0 unspecified atom stereocenters. The summed E-state index contributed by atoms with van der Waals surface area (Å²) >= 11 is 0. The van der Waals surface area contributed by atoms with E-state index in [1.807, 2.05) is 0 Å². The summed E-state index contributed by atoms with van der Waals surface area (Å²) in [6.07, 6.45) is 0. The van der Waals surface area contributed by atoms with Crippen molar-refractivity contribution in [2.45, 2.75) is 0 Å². The molecular formula is C3H10N2O4S2. The van der Waals surface area contributed by atoms with Crippen LogP contribution >= 0.6 is 0 Å². The lowest BCUT2D eigenvalue weighted by atomic mass is 11.3. The molecule has 0 aromatic heterocycles. The average Bonchev–Trinajstić information content (AvgIpc) is 1.56. The highest BCUT2D eigenvalue weighted by molar-refractivity contribution is 8.05. The summed E-state index contributed by atoms with van der Waals surface area (Å²) in [7, 11) is -5.22. The van der Waals surface area contributed by atoms with Crippen molar-refractivity contribution in [2.75, 3.05) is 19.2 Å². The molecule has 0 aliphatic rings. The Hall–Kier alpha value is -0.180. The minimum atomic E-state index is -3.96. The summed E-state index contributed by atoms with van der Waals surface area (Å²) < 4.78 is 43.1. The van der Waals surface area contributed by atoms with Gasteiger partial charge in [-0.2, -0.15) is 0 Å². The van der Waals surface area contributed by atoms with E-state index >= 15 is 0 Å². The van der Waals surface area contributed by atoms with Gasteiger partial charge in [0.15, 0.2) is 5.08 Å². The SMILES string of the molecule is CN(C)S(=O)(=O)CS(N)(=O)=O. The van der Waals surface area contributed by atoms with Crippen LogP contribution in [0, 0.1) is 0 Å². The highest BCUT2D eigenvalue weighted by Crippen LogP contribution is 1.95. The number of sulfonamides is 2. The monoisotopic (exact) mass is 202 g/mol. The maximum Gasteiger partial charge on any atom is 0.229 e. The molecule has 0 aliphatic carbocycles. The van der Waals surface area contributed by atoms with Gasteiger partial charge in [-0.15, -0.1) is 0 Å². The predicted molar refractivity (Wildman–Crippen MR) is 40.6 cm³/mol. The second-order valence-corrected chi connectivity index (χ2v) is 6.34. The number of rotatable bonds is 3. The van der Waals surface area contributed by atoms with E-state index in [0.29, 0.717) is 0 Å². The molecule has 0 spiro atoms. The van der Waals surface area contributed by atoms with Crippen molar-refractivity contribution >= 4 is 20.0 Å². The van der Waals surface area contributed by atoms with Crippen LogP contribution in [0.4, 0.5) is 0 Å². The van der Waals surface area contributed by atoms with E-state index < -0.39 is 25.1 Å². The number of nitrogens with zero attached hydrogens (tertiary/aromatic N) is 1. The molecule has 0 saturated carbocycles. The Morgan fingerprint density at radius 1 is 1.18 bits per heavy atom. The van der Waals surface area contributed by atoms with Gasteiger partial charge in [0, 0.05) is 14.1 Å². The molecule has 0 saturated heterocycles. The van der Waals surface area contributed by atoms with E-state index in [-0.39, 0.29) is 0 Å². The number of primary sulfonamides is 1. The lowest BCUT2D eigenvalue weighted by Gasteiger charge is -2.08. The molecule has 0 aromatic carbocycles. The minimum Gasteiger partial charge on any atom is -0.228 e. The Bertz CT molecular complexity index is 313. The van der Waals surface area contributed by atoms with Gasteiger partial charge in [0.2, 0.25) is 20.0 Å². The van der Waals surface area contributed by atoms with Crippen molar-refractivity contribution in [1.82, 2.24) is 4.31 Å². The molecule has 0 amide bonds. The van der Waals surface area contributed by atoms with E-state index in [0.717, 1.165) is 4.31 Å². The van der Waals surface area contributed by atoms with E-state index in [1.165, 1.54) is 14.1 Å². The summed E-state index contributed by atoms with van der Waals surface area (Å²) in [5.41, 5.74) is 0. The van der Waals surface area contributed by atoms with Gasteiger partial charge in [-0.3, -0.25) is 0 Å². The van der Waals surface area contributed by atoms with Crippen LogP contribution in [-0.4, -0.2) is 40.3 Å². The summed E-state index contributed by atoms with van der Waals surface area (Å²) in [5.74, 6) is 0. The summed E-state index contributed by atoms with van der Waals surface area (Å²) in [5, 5.41) is 3.48.